The Labute approximate surface area is 450 Å². The van der Waals surface area contributed by atoms with Gasteiger partial charge < -0.3 is 73.0 Å². The third-order valence-corrected chi connectivity index (χ3v) is 16.5. The van der Waals surface area contributed by atoms with Gasteiger partial charge in [-0.2, -0.15) is 4.98 Å². The Morgan fingerprint density at radius 1 is 0.961 bits per heavy atom. The number of amides is 1. The average Bonchev–Trinajstić information content (AvgIpc) is 4.16. The molecule has 4 saturated heterocycles. The number of likely N-dealkylation sites (N-methyl/N-ethyl adjacent to an activating group) is 2. The molecule has 4 fully saturated rings. The van der Waals surface area contributed by atoms with Gasteiger partial charge in [0.25, 0.3) is 0 Å². The molecule has 0 aliphatic carbocycles. The van der Waals surface area contributed by atoms with Crippen LogP contribution in [0.1, 0.15) is 101 Å². The van der Waals surface area contributed by atoms with Crippen molar-refractivity contribution in [2.45, 2.75) is 204 Å². The van der Waals surface area contributed by atoms with Crippen LogP contribution in [0.4, 0.5) is 14.9 Å². The predicted octanol–water partition coefficient (Wildman–Crippen LogP) is 3.32. The average molecular weight is 1090 g/mol. The number of cyclic esters (lactones) is 2. The Morgan fingerprint density at radius 2 is 1.69 bits per heavy atom. The zero-order valence-corrected chi connectivity index (χ0v) is 46.8. The van der Waals surface area contributed by atoms with Crippen molar-refractivity contribution in [3.8, 4) is 11.4 Å². The lowest BCUT2D eigenvalue weighted by Gasteiger charge is -2.49. The van der Waals surface area contributed by atoms with Crippen LogP contribution in [0.15, 0.2) is 35.3 Å². The van der Waals surface area contributed by atoms with Crippen LogP contribution in [0.25, 0.3) is 11.4 Å². The molecular formula is C53H83FN8O15. The highest BCUT2D eigenvalue weighted by molar-refractivity contribution is 5.90. The molecule has 5 N–H and O–H groups in total. The lowest BCUT2D eigenvalue weighted by Crippen LogP contribution is -2.61. The first-order chi connectivity index (χ1) is 36.2. The Morgan fingerprint density at radius 3 is 2.35 bits per heavy atom. The summed E-state index contributed by atoms with van der Waals surface area (Å²) in [6, 6.07) is 3.17. The van der Waals surface area contributed by atoms with Crippen molar-refractivity contribution in [2.75, 3.05) is 45.7 Å². The number of halogens is 1. The lowest BCUT2D eigenvalue weighted by atomic mass is 9.77. The van der Waals surface area contributed by atoms with E-state index in [-0.39, 0.29) is 49.7 Å². The summed E-state index contributed by atoms with van der Waals surface area (Å²) in [6.07, 6.45) is -7.50. The summed E-state index contributed by atoms with van der Waals surface area (Å²) in [6.45, 7) is 18.5. The number of rotatable bonds is 14. The van der Waals surface area contributed by atoms with Gasteiger partial charge in [0, 0.05) is 57.2 Å². The van der Waals surface area contributed by atoms with Gasteiger partial charge in [-0.05, 0) is 106 Å². The molecule has 2 aromatic heterocycles. The second kappa shape index (κ2) is 24.6. The van der Waals surface area contributed by atoms with Gasteiger partial charge in [0.15, 0.2) is 12.6 Å². The first kappa shape index (κ1) is 60.3. The summed E-state index contributed by atoms with van der Waals surface area (Å²) < 4.78 is 65.2. The summed E-state index contributed by atoms with van der Waals surface area (Å²) in [7, 11) is 5.19. The number of ether oxygens (including phenoxy) is 7. The number of hydrogen-bond donors (Lipinski definition) is 5. The highest BCUT2D eigenvalue weighted by atomic mass is 19.1. The molecule has 0 saturated carbocycles. The van der Waals surface area contributed by atoms with Gasteiger partial charge in [0.1, 0.15) is 41.9 Å². The van der Waals surface area contributed by atoms with Crippen LogP contribution in [0.2, 0.25) is 0 Å². The summed E-state index contributed by atoms with van der Waals surface area (Å²) in [5.41, 5.74) is -3.54. The third kappa shape index (κ3) is 13.5. The van der Waals surface area contributed by atoms with E-state index in [1.807, 2.05) is 37.7 Å². The Balaban J connectivity index is 1.08. The molecule has 2 unspecified atom stereocenters. The van der Waals surface area contributed by atoms with E-state index in [0.717, 1.165) is 6.39 Å². The van der Waals surface area contributed by atoms with Crippen LogP contribution in [-0.2, 0) is 50.9 Å². The van der Waals surface area contributed by atoms with Crippen LogP contribution in [-0.4, -0.2) is 210 Å². The maximum atomic E-state index is 15.0. The zero-order chi connectivity index (χ0) is 56.5. The van der Waals surface area contributed by atoms with Gasteiger partial charge in [-0.15, -0.1) is 5.10 Å². The van der Waals surface area contributed by atoms with Gasteiger partial charge in [-0.3, -0.25) is 9.69 Å². The van der Waals surface area contributed by atoms with Crippen molar-refractivity contribution < 1.29 is 77.2 Å². The van der Waals surface area contributed by atoms with Crippen molar-refractivity contribution in [3.05, 3.63) is 42.3 Å². The molecule has 19 atom stereocenters. The van der Waals surface area contributed by atoms with E-state index in [4.69, 9.17) is 37.7 Å². The fourth-order valence-corrected chi connectivity index (χ4v) is 11.8. The molecule has 77 heavy (non-hydrogen) atoms. The quantitative estimate of drug-likeness (QED) is 0.145. The third-order valence-electron chi connectivity index (χ3n) is 16.5. The predicted molar refractivity (Wildman–Crippen MR) is 274 cm³/mol. The minimum Gasteiger partial charge on any atom is -0.459 e. The van der Waals surface area contributed by atoms with E-state index < -0.39 is 126 Å². The van der Waals surface area contributed by atoms with Gasteiger partial charge in [0.05, 0.1) is 71.6 Å². The first-order valence-electron chi connectivity index (χ1n) is 26.9. The van der Waals surface area contributed by atoms with Gasteiger partial charge in [0.2, 0.25) is 12.2 Å². The van der Waals surface area contributed by atoms with E-state index >= 15 is 4.39 Å². The van der Waals surface area contributed by atoms with Crippen LogP contribution in [0, 0.1) is 23.6 Å². The topological polar surface area (TPSA) is 279 Å². The molecule has 432 valence electrons. The van der Waals surface area contributed by atoms with Crippen molar-refractivity contribution in [2.24, 2.45) is 17.8 Å². The van der Waals surface area contributed by atoms with Crippen LogP contribution < -0.4 is 4.90 Å². The van der Waals surface area contributed by atoms with Crippen molar-refractivity contribution in [3.63, 3.8) is 0 Å². The summed E-state index contributed by atoms with van der Waals surface area (Å²) >= 11 is 0. The Kier molecular flexibility index (Phi) is 19.3. The largest absolute Gasteiger partial charge is 0.459 e. The highest BCUT2D eigenvalue weighted by Crippen LogP contribution is 2.41. The van der Waals surface area contributed by atoms with E-state index in [0.29, 0.717) is 37.3 Å². The Hall–Kier alpha value is -4.31. The molecule has 4 aliphatic heterocycles. The van der Waals surface area contributed by atoms with E-state index in [1.54, 1.807) is 65.4 Å². The molecule has 7 rings (SSSR count). The maximum Gasteiger partial charge on any atom is 0.414 e. The number of hydrogen-bond acceptors (Lipinski definition) is 21. The summed E-state index contributed by atoms with van der Waals surface area (Å²) in [5, 5.41) is 72.1. The number of aliphatic hydroxyl groups is 5. The molecule has 4 aliphatic rings. The number of aromatic nitrogens is 5. The number of carbonyl (C=O) groups is 2. The second-order valence-electron chi connectivity index (χ2n) is 22.9. The molecule has 0 bridgehead atoms. The van der Waals surface area contributed by atoms with Gasteiger partial charge in [-0.25, -0.2) is 13.9 Å². The molecule has 0 radical (unpaired) electrons. The number of anilines is 1. The monoisotopic (exact) mass is 1090 g/mol. The first-order valence-corrected chi connectivity index (χ1v) is 26.9. The molecular weight excluding hydrogens is 1010 g/mol. The van der Waals surface area contributed by atoms with E-state index in [1.165, 1.54) is 31.1 Å². The van der Waals surface area contributed by atoms with Crippen LogP contribution in [0.5, 0.6) is 0 Å². The van der Waals surface area contributed by atoms with E-state index in [2.05, 4.69) is 20.5 Å². The number of aliphatic hydroxyl groups excluding tert-OH is 3. The maximum absolute atomic E-state index is 15.0. The minimum absolute atomic E-state index is 0.0764. The van der Waals surface area contributed by atoms with Crippen molar-refractivity contribution >= 4 is 17.7 Å². The number of carbonyl (C=O) groups excluding carboxylic acids is 2. The molecule has 23 nitrogen and oxygen atoms in total. The molecule has 3 aromatic rings. The fraction of sp³-hybridized carbons (Fsp3) is 0.774. The SMILES string of the molecule is CC[C@H]1OC(=O)[C@H](C)[C@@H](O[C@H]2C[C@@](C)(OC)[C@@H](O)[C@H](C)O2)C(C)[C@@H](O[C@@H]2O[C@H](C)C[C@H](N(C)CCc3cn(C[C@H]4CN(c5ccc(-c6ncon6)c(F)c5)C(=O)O4)nn3)[C@H]2O)[C@](C)(O)C[C@@H](C)CN(C)[C@H](C)C(O)[C@]1(C)O. The Bertz CT molecular complexity index is 2420. The number of methoxy groups -OCH3 is 1. The number of esters is 1. The standard InChI is InChI=1S/C53H83FN8O15/c1-14-40-53(10,69)44(64)32(6)60(12)23-28(2)21-51(8,68)46(30(4)43(31(5)48(66)75-40)76-41-22-52(9,70-13)45(65)33(7)73-41)77-49-42(63)39(19-29(3)72-49)59(11)18-17-34-24-61(58-56-34)25-36-26-62(50(67)74-36)35-15-16-37(38(54)20-35)47-55-27-71-57-47/h15-16,20,24,27-33,36,39-46,49,63-65,68-69H,14,17-19,21-23,25-26H2,1-13H3/t28-,29-,30?,31-,32-,33+,36+,39+,40-,41+,42-,43+,44?,45+,46-,49+,51-,52-,53-/m1/s1. The normalized spacial score (nSPS) is 39.3. The number of benzene rings is 1. The van der Waals surface area contributed by atoms with Crippen molar-refractivity contribution in [1.82, 2.24) is 34.9 Å². The molecule has 1 aromatic carbocycles. The van der Waals surface area contributed by atoms with E-state index in [9.17, 15) is 35.1 Å². The lowest BCUT2D eigenvalue weighted by molar-refractivity contribution is -0.318. The highest BCUT2D eigenvalue weighted by Gasteiger charge is 2.53. The van der Waals surface area contributed by atoms with Gasteiger partial charge in [-0.1, -0.05) is 31.1 Å². The minimum atomic E-state index is -1.86. The van der Waals surface area contributed by atoms with Gasteiger partial charge >= 0.3 is 12.1 Å². The van der Waals surface area contributed by atoms with Crippen molar-refractivity contribution in [1.29, 1.82) is 0 Å². The summed E-state index contributed by atoms with van der Waals surface area (Å²) in [4.78, 5) is 36.5. The molecule has 6 heterocycles. The molecule has 0 spiro atoms. The molecule has 1 amide bonds. The second-order valence-corrected chi connectivity index (χ2v) is 22.9. The molecule has 24 heteroatoms. The van der Waals surface area contributed by atoms with Crippen LogP contribution >= 0.6 is 0 Å². The van der Waals surface area contributed by atoms with Crippen LogP contribution in [0.3, 0.4) is 0 Å². The smallest absolute Gasteiger partial charge is 0.414 e. The zero-order valence-electron chi connectivity index (χ0n) is 46.8. The number of nitrogens with zero attached hydrogens (tertiary/aromatic N) is 8. The summed E-state index contributed by atoms with van der Waals surface area (Å²) in [5.74, 6) is -3.45. The fourth-order valence-electron chi connectivity index (χ4n) is 11.8.